The molecular formula is C39H26NOP. The zero-order valence-electron chi connectivity index (χ0n) is 22.8. The van der Waals surface area contributed by atoms with Crippen LogP contribution in [0.25, 0.3) is 54.7 Å². The molecule has 3 heteroatoms. The van der Waals surface area contributed by atoms with Crippen molar-refractivity contribution in [1.82, 2.24) is 4.98 Å². The molecule has 7 aromatic carbocycles. The van der Waals surface area contributed by atoms with Gasteiger partial charge >= 0.3 is 0 Å². The summed E-state index contributed by atoms with van der Waals surface area (Å²) in [5.74, 6) is 0. The van der Waals surface area contributed by atoms with Crippen molar-refractivity contribution < 1.29 is 4.57 Å². The maximum atomic E-state index is 15.5. The number of hydrogen-bond acceptors (Lipinski definition) is 2. The summed E-state index contributed by atoms with van der Waals surface area (Å²) >= 11 is 0. The predicted octanol–water partition coefficient (Wildman–Crippen LogP) is 8.95. The minimum Gasteiger partial charge on any atom is -0.309 e. The van der Waals surface area contributed by atoms with Crippen LogP contribution < -0.4 is 15.9 Å². The highest BCUT2D eigenvalue weighted by Gasteiger charge is 2.31. The van der Waals surface area contributed by atoms with E-state index in [2.05, 4.69) is 72.8 Å². The lowest BCUT2D eigenvalue weighted by Crippen LogP contribution is -2.25. The highest BCUT2D eigenvalue weighted by atomic mass is 31.2. The van der Waals surface area contributed by atoms with Crippen LogP contribution in [0.15, 0.2) is 158 Å². The Morgan fingerprint density at radius 1 is 0.452 bits per heavy atom. The van der Waals surface area contributed by atoms with Crippen molar-refractivity contribution in [3.05, 3.63) is 158 Å². The van der Waals surface area contributed by atoms with Gasteiger partial charge in [-0.3, -0.25) is 4.98 Å². The van der Waals surface area contributed by atoms with Gasteiger partial charge in [-0.1, -0.05) is 121 Å². The predicted molar refractivity (Wildman–Crippen MR) is 178 cm³/mol. The largest absolute Gasteiger partial charge is 0.309 e. The second-order valence-corrected chi connectivity index (χ2v) is 13.5. The van der Waals surface area contributed by atoms with E-state index < -0.39 is 7.14 Å². The second kappa shape index (κ2) is 9.80. The Hall–Kier alpha value is -5.04. The van der Waals surface area contributed by atoms with E-state index in [4.69, 9.17) is 4.98 Å². The molecule has 2 nitrogen and oxygen atoms in total. The van der Waals surface area contributed by atoms with E-state index in [1.165, 1.54) is 32.3 Å². The third kappa shape index (κ3) is 3.88. The summed E-state index contributed by atoms with van der Waals surface area (Å²) in [6.45, 7) is 0. The summed E-state index contributed by atoms with van der Waals surface area (Å²) in [5.41, 5.74) is 3.94. The molecule has 0 bridgehead atoms. The van der Waals surface area contributed by atoms with Gasteiger partial charge in [0.05, 0.1) is 5.69 Å². The molecule has 0 aliphatic carbocycles. The summed E-state index contributed by atoms with van der Waals surface area (Å²) in [6, 6.07) is 51.9. The van der Waals surface area contributed by atoms with Crippen molar-refractivity contribution in [2.75, 3.05) is 0 Å². The van der Waals surface area contributed by atoms with Gasteiger partial charge in [0, 0.05) is 27.7 Å². The molecule has 0 N–H and O–H groups in total. The van der Waals surface area contributed by atoms with E-state index in [-0.39, 0.29) is 0 Å². The minimum absolute atomic E-state index is 0.795. The Morgan fingerprint density at radius 2 is 1.05 bits per heavy atom. The zero-order valence-corrected chi connectivity index (χ0v) is 23.7. The van der Waals surface area contributed by atoms with Crippen molar-refractivity contribution in [3.63, 3.8) is 0 Å². The van der Waals surface area contributed by atoms with Gasteiger partial charge in [0.25, 0.3) is 0 Å². The fourth-order valence-corrected chi connectivity index (χ4v) is 9.06. The van der Waals surface area contributed by atoms with Crippen molar-refractivity contribution in [2.24, 2.45) is 0 Å². The summed E-state index contributed by atoms with van der Waals surface area (Å²) in [6.07, 6.45) is 1.81. The molecule has 0 saturated carbocycles. The molecule has 8 rings (SSSR count). The van der Waals surface area contributed by atoms with Gasteiger partial charge in [0.15, 0.2) is 7.14 Å². The maximum Gasteiger partial charge on any atom is 0.171 e. The molecule has 42 heavy (non-hydrogen) atoms. The van der Waals surface area contributed by atoms with E-state index in [0.29, 0.717) is 0 Å². The number of pyridine rings is 1. The normalized spacial score (nSPS) is 11.9. The molecule has 0 aliphatic heterocycles. The van der Waals surface area contributed by atoms with E-state index in [1.54, 1.807) is 0 Å². The summed E-state index contributed by atoms with van der Waals surface area (Å²) in [4.78, 5) is 4.69. The Kier molecular flexibility index (Phi) is 5.77. The number of rotatable bonds is 5. The Labute approximate surface area is 244 Å². The van der Waals surface area contributed by atoms with Crippen LogP contribution in [-0.2, 0) is 4.57 Å². The van der Waals surface area contributed by atoms with Gasteiger partial charge in [0.1, 0.15) is 0 Å². The molecule has 1 aromatic heterocycles. The first kappa shape index (κ1) is 24.7. The average molecular weight is 556 g/mol. The zero-order chi connectivity index (χ0) is 28.1. The summed E-state index contributed by atoms with van der Waals surface area (Å²) < 4.78 is 15.5. The summed E-state index contributed by atoms with van der Waals surface area (Å²) in [7, 11) is -3.22. The SMILES string of the molecule is O=P(c1ccccc1)(c1ccccc1)c1cc(-c2ccccn2)cc(-c2ccc3ccc4cccc5ccc2c3c45)c1. The van der Waals surface area contributed by atoms with Crippen molar-refractivity contribution in [2.45, 2.75) is 0 Å². The molecule has 0 atom stereocenters. The lowest BCUT2D eigenvalue weighted by molar-refractivity contribution is 0.592. The third-order valence-corrected chi connectivity index (χ3v) is 11.4. The number of hydrogen-bond donors (Lipinski definition) is 0. The molecule has 0 spiro atoms. The van der Waals surface area contributed by atoms with Gasteiger partial charge in [-0.05, 0) is 73.8 Å². The van der Waals surface area contributed by atoms with Crippen molar-refractivity contribution in [3.8, 4) is 22.4 Å². The van der Waals surface area contributed by atoms with Crippen LogP contribution in [0, 0.1) is 0 Å². The Balaban J connectivity index is 1.46. The van der Waals surface area contributed by atoms with Crippen LogP contribution in [0.5, 0.6) is 0 Å². The van der Waals surface area contributed by atoms with Crippen LogP contribution in [0.1, 0.15) is 0 Å². The van der Waals surface area contributed by atoms with Crippen LogP contribution >= 0.6 is 7.14 Å². The van der Waals surface area contributed by atoms with Crippen LogP contribution in [-0.4, -0.2) is 4.98 Å². The topological polar surface area (TPSA) is 30.0 Å². The molecule has 0 fully saturated rings. The van der Waals surface area contributed by atoms with Gasteiger partial charge in [-0.15, -0.1) is 0 Å². The average Bonchev–Trinajstić information content (AvgIpc) is 3.07. The number of aromatic nitrogens is 1. The first-order chi connectivity index (χ1) is 20.7. The number of benzene rings is 7. The molecule has 0 aliphatic rings. The molecule has 8 aromatic rings. The standard InChI is InChI=1S/C39H26NOP/c41-42(32-12-3-1-4-13-32,33-14-5-2-6-15-33)34-25-30(24-31(26-34)37-16-7-8-23-40-37)35-21-19-29-18-17-27-10-9-11-28-20-22-36(35)39(29)38(27)28/h1-26H. The van der Waals surface area contributed by atoms with Crippen molar-refractivity contribution in [1.29, 1.82) is 0 Å². The minimum atomic E-state index is -3.22. The van der Waals surface area contributed by atoms with Crippen LogP contribution in [0.2, 0.25) is 0 Å². The van der Waals surface area contributed by atoms with Crippen LogP contribution in [0.3, 0.4) is 0 Å². The van der Waals surface area contributed by atoms with E-state index in [0.717, 1.165) is 38.3 Å². The molecule has 198 valence electrons. The Morgan fingerprint density at radius 3 is 1.71 bits per heavy atom. The molecule has 1 heterocycles. The lowest BCUT2D eigenvalue weighted by Gasteiger charge is -2.22. The molecule has 0 amide bonds. The van der Waals surface area contributed by atoms with Gasteiger partial charge in [0.2, 0.25) is 0 Å². The third-order valence-electron chi connectivity index (χ3n) is 8.32. The molecule has 0 saturated heterocycles. The fourth-order valence-electron chi connectivity index (χ4n) is 6.34. The van der Waals surface area contributed by atoms with E-state index in [1.807, 2.05) is 85.1 Å². The quantitative estimate of drug-likeness (QED) is 0.157. The van der Waals surface area contributed by atoms with E-state index in [9.17, 15) is 0 Å². The van der Waals surface area contributed by atoms with Crippen LogP contribution in [0.4, 0.5) is 0 Å². The highest BCUT2D eigenvalue weighted by Crippen LogP contribution is 2.45. The molecule has 0 unspecified atom stereocenters. The Bertz CT molecular complexity index is 2200. The van der Waals surface area contributed by atoms with Gasteiger partial charge < -0.3 is 4.57 Å². The van der Waals surface area contributed by atoms with Gasteiger partial charge in [-0.2, -0.15) is 0 Å². The van der Waals surface area contributed by atoms with Gasteiger partial charge in [-0.25, -0.2) is 0 Å². The molecular weight excluding hydrogens is 529 g/mol. The second-order valence-electron chi connectivity index (χ2n) is 10.7. The smallest absolute Gasteiger partial charge is 0.171 e. The number of nitrogens with zero attached hydrogens (tertiary/aromatic N) is 1. The highest BCUT2D eigenvalue weighted by molar-refractivity contribution is 7.85. The fraction of sp³-hybridized carbons (Fsp3) is 0. The van der Waals surface area contributed by atoms with E-state index >= 15 is 4.57 Å². The monoisotopic (exact) mass is 555 g/mol. The molecule has 0 radical (unpaired) electrons. The maximum absolute atomic E-state index is 15.5. The first-order valence-corrected chi connectivity index (χ1v) is 15.9. The van der Waals surface area contributed by atoms with Crippen molar-refractivity contribution >= 4 is 55.4 Å². The first-order valence-electron chi connectivity index (χ1n) is 14.2. The summed E-state index contributed by atoms with van der Waals surface area (Å²) in [5, 5.41) is 9.87. The lowest BCUT2D eigenvalue weighted by atomic mass is 9.89.